The smallest absolute Gasteiger partial charge is 0.253 e. The van der Waals surface area contributed by atoms with Crippen molar-refractivity contribution in [1.29, 1.82) is 0 Å². The third-order valence-corrected chi connectivity index (χ3v) is 2.86. The van der Waals surface area contributed by atoms with Crippen LogP contribution in [0.2, 0.25) is 0 Å². The monoisotopic (exact) mass is 291 g/mol. The van der Waals surface area contributed by atoms with E-state index < -0.39 is 0 Å². The SMILES string of the molecule is COc1ccc(CNC(C)C)cc1OCc1nnc(C)o1. The molecular weight excluding hydrogens is 270 g/mol. The van der Waals surface area contributed by atoms with E-state index in [0.29, 0.717) is 29.3 Å². The minimum Gasteiger partial charge on any atom is -0.493 e. The van der Waals surface area contributed by atoms with Crippen molar-refractivity contribution in [1.82, 2.24) is 15.5 Å². The van der Waals surface area contributed by atoms with Crippen molar-refractivity contribution in [3.05, 3.63) is 35.5 Å². The Bertz CT molecular complexity index is 581. The Kier molecular flexibility index (Phi) is 5.16. The molecule has 6 heteroatoms. The average Bonchev–Trinajstić information content (AvgIpc) is 2.88. The number of aryl methyl sites for hydroxylation is 1. The van der Waals surface area contributed by atoms with Gasteiger partial charge in [-0.25, -0.2) is 0 Å². The zero-order valence-electron chi connectivity index (χ0n) is 12.8. The fourth-order valence-electron chi connectivity index (χ4n) is 1.80. The number of rotatable bonds is 7. The van der Waals surface area contributed by atoms with Gasteiger partial charge in [-0.1, -0.05) is 19.9 Å². The van der Waals surface area contributed by atoms with Gasteiger partial charge in [0, 0.05) is 19.5 Å². The van der Waals surface area contributed by atoms with Crippen LogP contribution in [0.1, 0.15) is 31.2 Å². The molecule has 2 aromatic rings. The van der Waals surface area contributed by atoms with Crippen LogP contribution in [0, 0.1) is 6.92 Å². The maximum Gasteiger partial charge on any atom is 0.253 e. The Morgan fingerprint density at radius 1 is 1.24 bits per heavy atom. The lowest BCUT2D eigenvalue weighted by molar-refractivity contribution is 0.247. The first-order chi connectivity index (χ1) is 10.1. The van der Waals surface area contributed by atoms with E-state index in [1.165, 1.54) is 0 Å². The van der Waals surface area contributed by atoms with Crippen LogP contribution in [-0.2, 0) is 13.2 Å². The molecule has 1 N–H and O–H groups in total. The molecule has 0 aliphatic heterocycles. The van der Waals surface area contributed by atoms with Crippen LogP contribution >= 0.6 is 0 Å². The molecule has 0 bridgehead atoms. The highest BCUT2D eigenvalue weighted by atomic mass is 16.5. The Labute approximate surface area is 124 Å². The fourth-order valence-corrected chi connectivity index (χ4v) is 1.80. The molecule has 0 fully saturated rings. The first-order valence-corrected chi connectivity index (χ1v) is 6.90. The van der Waals surface area contributed by atoms with Crippen molar-refractivity contribution in [2.45, 2.75) is 40.0 Å². The summed E-state index contributed by atoms with van der Waals surface area (Å²) in [5, 5.41) is 11.0. The maximum absolute atomic E-state index is 5.73. The molecule has 6 nitrogen and oxygen atoms in total. The number of hydrogen-bond donors (Lipinski definition) is 1. The highest BCUT2D eigenvalue weighted by molar-refractivity contribution is 5.43. The molecule has 0 saturated carbocycles. The molecule has 114 valence electrons. The summed E-state index contributed by atoms with van der Waals surface area (Å²) >= 11 is 0. The van der Waals surface area contributed by atoms with Crippen LogP contribution in [-0.4, -0.2) is 23.3 Å². The van der Waals surface area contributed by atoms with Crippen molar-refractivity contribution < 1.29 is 13.9 Å². The quantitative estimate of drug-likeness (QED) is 0.845. The van der Waals surface area contributed by atoms with Crippen LogP contribution in [0.4, 0.5) is 0 Å². The number of nitrogens with zero attached hydrogens (tertiary/aromatic N) is 2. The van der Waals surface area contributed by atoms with Crippen molar-refractivity contribution in [3.8, 4) is 11.5 Å². The number of hydrogen-bond acceptors (Lipinski definition) is 6. The molecule has 1 heterocycles. The van der Waals surface area contributed by atoms with Crippen LogP contribution < -0.4 is 14.8 Å². The maximum atomic E-state index is 5.73. The van der Waals surface area contributed by atoms with E-state index in [9.17, 15) is 0 Å². The lowest BCUT2D eigenvalue weighted by Gasteiger charge is -2.13. The van der Waals surface area contributed by atoms with Gasteiger partial charge >= 0.3 is 0 Å². The Hall–Kier alpha value is -2.08. The Morgan fingerprint density at radius 3 is 2.67 bits per heavy atom. The van der Waals surface area contributed by atoms with Crippen molar-refractivity contribution >= 4 is 0 Å². The molecule has 0 unspecified atom stereocenters. The number of benzene rings is 1. The summed E-state index contributed by atoms with van der Waals surface area (Å²) in [6.07, 6.45) is 0. The molecule has 0 aliphatic carbocycles. The number of methoxy groups -OCH3 is 1. The van der Waals surface area contributed by atoms with Gasteiger partial charge in [-0.2, -0.15) is 0 Å². The van der Waals surface area contributed by atoms with Crippen LogP contribution in [0.3, 0.4) is 0 Å². The van der Waals surface area contributed by atoms with Gasteiger partial charge in [-0.3, -0.25) is 0 Å². The van der Waals surface area contributed by atoms with Crippen molar-refractivity contribution in [3.63, 3.8) is 0 Å². The predicted molar refractivity (Wildman–Crippen MR) is 78.3 cm³/mol. The minimum absolute atomic E-state index is 0.220. The Morgan fingerprint density at radius 2 is 2.05 bits per heavy atom. The molecule has 0 spiro atoms. The van der Waals surface area contributed by atoms with E-state index in [0.717, 1.165) is 12.1 Å². The van der Waals surface area contributed by atoms with Gasteiger partial charge in [-0.05, 0) is 17.7 Å². The molecule has 1 aromatic heterocycles. The molecule has 0 atom stereocenters. The zero-order chi connectivity index (χ0) is 15.2. The van der Waals surface area contributed by atoms with Gasteiger partial charge in [0.25, 0.3) is 5.89 Å². The highest BCUT2D eigenvalue weighted by Crippen LogP contribution is 2.28. The number of ether oxygens (including phenoxy) is 2. The minimum atomic E-state index is 0.220. The summed E-state index contributed by atoms with van der Waals surface area (Å²) in [6, 6.07) is 6.29. The number of nitrogens with one attached hydrogen (secondary N) is 1. The average molecular weight is 291 g/mol. The number of aromatic nitrogens is 2. The topological polar surface area (TPSA) is 69.4 Å². The largest absolute Gasteiger partial charge is 0.493 e. The van der Waals surface area contributed by atoms with E-state index in [1.54, 1.807) is 14.0 Å². The molecule has 1 aromatic carbocycles. The van der Waals surface area contributed by atoms with E-state index in [-0.39, 0.29) is 6.61 Å². The van der Waals surface area contributed by atoms with Gasteiger partial charge in [0.1, 0.15) is 0 Å². The summed E-state index contributed by atoms with van der Waals surface area (Å²) < 4.78 is 16.3. The van der Waals surface area contributed by atoms with Crippen LogP contribution in [0.5, 0.6) is 11.5 Å². The second kappa shape index (κ2) is 7.08. The Balaban J connectivity index is 2.06. The molecular formula is C15H21N3O3. The third-order valence-electron chi connectivity index (χ3n) is 2.86. The lowest BCUT2D eigenvalue weighted by Crippen LogP contribution is -2.21. The second-order valence-electron chi connectivity index (χ2n) is 5.02. The molecule has 0 saturated heterocycles. The van der Waals surface area contributed by atoms with E-state index in [2.05, 4.69) is 29.4 Å². The summed E-state index contributed by atoms with van der Waals surface area (Å²) in [4.78, 5) is 0. The van der Waals surface area contributed by atoms with Crippen molar-refractivity contribution in [2.24, 2.45) is 0 Å². The third kappa shape index (κ3) is 4.46. The summed E-state index contributed by atoms with van der Waals surface area (Å²) in [5.41, 5.74) is 1.13. The van der Waals surface area contributed by atoms with Gasteiger partial charge in [0.05, 0.1) is 7.11 Å². The summed E-state index contributed by atoms with van der Waals surface area (Å²) in [5.74, 6) is 2.31. The van der Waals surface area contributed by atoms with Gasteiger partial charge in [0.2, 0.25) is 5.89 Å². The molecule has 2 rings (SSSR count). The fraction of sp³-hybridized carbons (Fsp3) is 0.467. The van der Waals surface area contributed by atoms with E-state index >= 15 is 0 Å². The second-order valence-corrected chi connectivity index (χ2v) is 5.02. The summed E-state index contributed by atoms with van der Waals surface area (Å²) in [7, 11) is 1.62. The van der Waals surface area contributed by atoms with Crippen LogP contribution in [0.25, 0.3) is 0 Å². The van der Waals surface area contributed by atoms with Crippen molar-refractivity contribution in [2.75, 3.05) is 7.11 Å². The normalized spacial score (nSPS) is 10.9. The molecule has 0 amide bonds. The zero-order valence-corrected chi connectivity index (χ0v) is 12.8. The van der Waals surface area contributed by atoms with Crippen LogP contribution in [0.15, 0.2) is 22.6 Å². The first kappa shape index (κ1) is 15.3. The molecule has 0 radical (unpaired) electrons. The van der Waals surface area contributed by atoms with Gasteiger partial charge in [0.15, 0.2) is 18.1 Å². The van der Waals surface area contributed by atoms with Gasteiger partial charge in [-0.15, -0.1) is 10.2 Å². The molecule has 21 heavy (non-hydrogen) atoms. The van der Waals surface area contributed by atoms with Gasteiger partial charge < -0.3 is 19.2 Å². The lowest BCUT2D eigenvalue weighted by atomic mass is 10.2. The molecule has 0 aliphatic rings. The predicted octanol–water partition coefficient (Wildman–Crippen LogP) is 2.46. The standard InChI is InChI=1S/C15H21N3O3/c1-10(2)16-8-12-5-6-13(19-4)14(7-12)20-9-15-18-17-11(3)21-15/h5-7,10,16H,8-9H2,1-4H3. The van der Waals surface area contributed by atoms with E-state index in [1.807, 2.05) is 18.2 Å². The highest BCUT2D eigenvalue weighted by Gasteiger charge is 2.09. The van der Waals surface area contributed by atoms with E-state index in [4.69, 9.17) is 13.9 Å². The summed E-state index contributed by atoms with van der Waals surface area (Å²) in [6.45, 7) is 6.96. The first-order valence-electron chi connectivity index (χ1n) is 6.90.